The van der Waals surface area contributed by atoms with Gasteiger partial charge in [-0.15, -0.1) is 0 Å². The molecule has 1 saturated heterocycles. The Bertz CT molecular complexity index is 983. The van der Waals surface area contributed by atoms with E-state index in [4.69, 9.17) is 4.74 Å². The van der Waals surface area contributed by atoms with Crippen molar-refractivity contribution >= 4 is 17.7 Å². The average molecular weight is 452 g/mol. The van der Waals surface area contributed by atoms with Crippen molar-refractivity contribution in [1.29, 1.82) is 0 Å². The zero-order valence-corrected chi connectivity index (χ0v) is 19.6. The van der Waals surface area contributed by atoms with Crippen LogP contribution < -0.4 is 10.6 Å². The van der Waals surface area contributed by atoms with Crippen molar-refractivity contribution in [2.24, 2.45) is 5.92 Å². The lowest BCUT2D eigenvalue weighted by molar-refractivity contribution is -0.124. The van der Waals surface area contributed by atoms with Gasteiger partial charge in [0.2, 0.25) is 5.91 Å². The van der Waals surface area contributed by atoms with E-state index in [1.54, 1.807) is 13.2 Å². The van der Waals surface area contributed by atoms with Crippen molar-refractivity contribution in [3.8, 4) is 0 Å². The summed E-state index contributed by atoms with van der Waals surface area (Å²) in [6.07, 6.45) is 1.27. The first kappa shape index (κ1) is 24.5. The van der Waals surface area contributed by atoms with Gasteiger partial charge in [0.25, 0.3) is 11.8 Å². The molecule has 0 bridgehead atoms. The second-order valence-corrected chi connectivity index (χ2v) is 8.55. The van der Waals surface area contributed by atoms with Crippen molar-refractivity contribution in [1.82, 2.24) is 15.5 Å². The number of likely N-dealkylation sites (tertiary alicyclic amines) is 1. The summed E-state index contributed by atoms with van der Waals surface area (Å²) in [5.74, 6) is -0.556. The van der Waals surface area contributed by atoms with E-state index in [0.717, 1.165) is 11.1 Å². The summed E-state index contributed by atoms with van der Waals surface area (Å²) < 4.78 is 5.03. The van der Waals surface area contributed by atoms with Gasteiger partial charge in [-0.3, -0.25) is 14.4 Å². The van der Waals surface area contributed by atoms with Crippen LogP contribution in [0.2, 0.25) is 0 Å². The van der Waals surface area contributed by atoms with Crippen molar-refractivity contribution in [3.63, 3.8) is 0 Å². The number of benzene rings is 2. The van der Waals surface area contributed by atoms with E-state index in [9.17, 15) is 14.4 Å². The molecule has 7 heteroatoms. The number of carbonyl (C=O) groups is 3. The summed E-state index contributed by atoms with van der Waals surface area (Å²) in [4.78, 5) is 40.7. The van der Waals surface area contributed by atoms with Crippen LogP contribution in [0.5, 0.6) is 0 Å². The minimum Gasteiger partial charge on any atom is -0.383 e. The van der Waals surface area contributed by atoms with Crippen LogP contribution in [-0.4, -0.2) is 62.0 Å². The second kappa shape index (κ2) is 11.6. The average Bonchev–Trinajstić information content (AvgIpc) is 2.82. The molecule has 33 heavy (non-hydrogen) atoms. The van der Waals surface area contributed by atoms with Crippen molar-refractivity contribution in [3.05, 3.63) is 70.8 Å². The molecule has 1 fully saturated rings. The molecule has 176 valence electrons. The predicted octanol–water partition coefficient (Wildman–Crippen LogP) is 2.72. The Labute approximate surface area is 195 Å². The highest BCUT2D eigenvalue weighted by Crippen LogP contribution is 2.23. The Morgan fingerprint density at radius 1 is 1.06 bits per heavy atom. The molecule has 0 unspecified atom stereocenters. The molecule has 2 aromatic carbocycles. The Hall–Kier alpha value is -3.19. The van der Waals surface area contributed by atoms with Gasteiger partial charge in [-0.1, -0.05) is 35.9 Å². The molecule has 3 rings (SSSR count). The number of carbonyl (C=O) groups excluding carboxylic acids is 3. The minimum absolute atomic E-state index is 0.00203. The highest BCUT2D eigenvalue weighted by atomic mass is 16.5. The van der Waals surface area contributed by atoms with E-state index in [2.05, 4.69) is 10.6 Å². The summed E-state index contributed by atoms with van der Waals surface area (Å²) in [7, 11) is 1.57. The number of ether oxygens (including phenoxy) is 1. The first-order valence-electron chi connectivity index (χ1n) is 11.4. The van der Waals surface area contributed by atoms with E-state index in [-0.39, 0.29) is 23.6 Å². The zero-order chi connectivity index (χ0) is 23.8. The van der Waals surface area contributed by atoms with Crippen LogP contribution >= 0.6 is 0 Å². The Morgan fingerprint density at radius 2 is 1.79 bits per heavy atom. The summed E-state index contributed by atoms with van der Waals surface area (Å²) in [5.41, 5.74) is 3.13. The van der Waals surface area contributed by atoms with Gasteiger partial charge in [0.05, 0.1) is 6.61 Å². The topological polar surface area (TPSA) is 87.7 Å². The Morgan fingerprint density at radius 3 is 2.45 bits per heavy atom. The van der Waals surface area contributed by atoms with Gasteiger partial charge in [-0.2, -0.15) is 0 Å². The second-order valence-electron chi connectivity index (χ2n) is 8.55. The summed E-state index contributed by atoms with van der Waals surface area (Å²) >= 11 is 0. The van der Waals surface area contributed by atoms with E-state index in [1.807, 2.05) is 61.2 Å². The quantitative estimate of drug-likeness (QED) is 0.604. The van der Waals surface area contributed by atoms with Gasteiger partial charge in [0, 0.05) is 37.9 Å². The van der Waals surface area contributed by atoms with E-state index in [1.165, 1.54) is 0 Å². The molecule has 1 aliphatic heterocycles. The maximum absolute atomic E-state index is 13.0. The van der Waals surface area contributed by atoms with Gasteiger partial charge in [-0.05, 0) is 56.4 Å². The first-order valence-corrected chi connectivity index (χ1v) is 11.4. The van der Waals surface area contributed by atoms with Crippen LogP contribution in [0.3, 0.4) is 0 Å². The lowest BCUT2D eigenvalue weighted by atomic mass is 9.88. The van der Waals surface area contributed by atoms with Crippen LogP contribution in [0.25, 0.3) is 0 Å². The zero-order valence-electron chi connectivity index (χ0n) is 19.6. The number of hydrogen-bond acceptors (Lipinski definition) is 4. The van der Waals surface area contributed by atoms with Crippen molar-refractivity contribution in [2.45, 2.75) is 32.7 Å². The summed E-state index contributed by atoms with van der Waals surface area (Å²) in [6, 6.07) is 14.2. The van der Waals surface area contributed by atoms with Crippen LogP contribution in [0.4, 0.5) is 0 Å². The third kappa shape index (κ3) is 6.42. The lowest BCUT2D eigenvalue weighted by Gasteiger charge is -2.36. The molecular formula is C26H33N3O4. The fourth-order valence-corrected chi connectivity index (χ4v) is 4.23. The normalized spacial score (nSPS) is 15.1. The molecule has 0 spiro atoms. The van der Waals surface area contributed by atoms with Crippen LogP contribution in [0, 0.1) is 19.8 Å². The van der Waals surface area contributed by atoms with Crippen LogP contribution in [0.1, 0.15) is 44.7 Å². The molecule has 1 heterocycles. The Kier molecular flexibility index (Phi) is 8.60. The summed E-state index contributed by atoms with van der Waals surface area (Å²) in [6.45, 7) is 5.69. The highest BCUT2D eigenvalue weighted by Gasteiger charge is 2.34. The molecule has 2 N–H and O–H groups in total. The molecule has 0 saturated carbocycles. The smallest absolute Gasteiger partial charge is 0.253 e. The molecule has 7 nitrogen and oxygen atoms in total. The molecule has 3 amide bonds. The van der Waals surface area contributed by atoms with Gasteiger partial charge >= 0.3 is 0 Å². The number of hydrogen-bond donors (Lipinski definition) is 2. The first-order chi connectivity index (χ1) is 15.9. The highest BCUT2D eigenvalue weighted by molar-refractivity contribution is 5.98. The number of nitrogens with one attached hydrogen (secondary N) is 2. The van der Waals surface area contributed by atoms with Gasteiger partial charge in [0.15, 0.2) is 0 Å². The third-order valence-electron chi connectivity index (χ3n) is 6.13. The number of methoxy groups -OCH3 is 1. The lowest BCUT2D eigenvalue weighted by Crippen LogP contribution is -2.54. The van der Waals surface area contributed by atoms with Crippen molar-refractivity contribution in [2.75, 3.05) is 33.4 Å². The third-order valence-corrected chi connectivity index (χ3v) is 6.13. The fourth-order valence-electron chi connectivity index (χ4n) is 4.23. The van der Waals surface area contributed by atoms with E-state index < -0.39 is 6.04 Å². The number of aryl methyl sites for hydroxylation is 2. The van der Waals surface area contributed by atoms with Crippen molar-refractivity contribution < 1.29 is 19.1 Å². The molecule has 0 aliphatic carbocycles. The van der Waals surface area contributed by atoms with E-state index >= 15 is 0 Å². The standard InChI is InChI=1S/C26H33N3O4/c1-18-7-6-9-21(17-18)26(32)29-14-11-20(12-15-29)23(25(31)27-13-16-33-3)28-24(30)22-10-5-4-8-19(22)2/h4-10,17,20,23H,11-16H2,1-3H3,(H,27,31)(H,28,30)/t23-/m1/s1. The number of piperidine rings is 1. The molecule has 1 aliphatic rings. The number of amides is 3. The SMILES string of the molecule is COCCNC(=O)[C@H](NC(=O)c1ccccc1C)C1CCN(C(=O)c2cccc(C)c2)CC1. The monoisotopic (exact) mass is 451 g/mol. The molecular weight excluding hydrogens is 418 g/mol. The van der Waals surface area contributed by atoms with Crippen LogP contribution in [-0.2, 0) is 9.53 Å². The maximum Gasteiger partial charge on any atom is 0.253 e. The number of nitrogens with zero attached hydrogens (tertiary/aromatic N) is 1. The molecule has 0 radical (unpaired) electrons. The maximum atomic E-state index is 13.0. The molecule has 2 aromatic rings. The summed E-state index contributed by atoms with van der Waals surface area (Å²) in [5, 5.41) is 5.82. The van der Waals surface area contributed by atoms with E-state index in [0.29, 0.717) is 50.2 Å². The Balaban J connectivity index is 1.69. The van der Waals surface area contributed by atoms with Crippen LogP contribution in [0.15, 0.2) is 48.5 Å². The molecule has 1 atom stereocenters. The van der Waals surface area contributed by atoms with Gasteiger partial charge in [-0.25, -0.2) is 0 Å². The molecule has 0 aromatic heterocycles. The minimum atomic E-state index is -0.676. The van der Waals surface area contributed by atoms with Gasteiger partial charge in [0.1, 0.15) is 6.04 Å². The number of rotatable bonds is 8. The fraction of sp³-hybridized carbons (Fsp3) is 0.423. The van der Waals surface area contributed by atoms with Gasteiger partial charge < -0.3 is 20.3 Å². The largest absolute Gasteiger partial charge is 0.383 e. The predicted molar refractivity (Wildman–Crippen MR) is 127 cm³/mol.